The van der Waals surface area contributed by atoms with Crippen LogP contribution in [-0.4, -0.2) is 12.3 Å². The fourth-order valence-electron chi connectivity index (χ4n) is 5.52. The molecule has 0 atom stereocenters. The van der Waals surface area contributed by atoms with Crippen molar-refractivity contribution >= 4 is 7.32 Å². The lowest BCUT2D eigenvalue weighted by Crippen LogP contribution is -2.33. The van der Waals surface area contributed by atoms with Crippen LogP contribution in [0.25, 0.3) is 33.4 Å². The molecule has 0 unspecified atom stereocenters. The van der Waals surface area contributed by atoms with Crippen LogP contribution in [0, 0.1) is 116 Å². The highest BCUT2D eigenvalue weighted by molar-refractivity contribution is 6.37. The maximum absolute atomic E-state index is 15.7. The van der Waals surface area contributed by atoms with Crippen LogP contribution in [0.2, 0.25) is 0 Å². The maximum atomic E-state index is 15.7. The highest BCUT2D eigenvalue weighted by Gasteiger charge is 2.53. The van der Waals surface area contributed by atoms with Gasteiger partial charge in [-0.3, -0.25) is 0 Å². The van der Waals surface area contributed by atoms with E-state index in [1.54, 1.807) is 0 Å². The molecule has 5 rings (SSSR count). The van der Waals surface area contributed by atoms with Crippen LogP contribution in [0.4, 0.5) is 114 Å². The zero-order valence-electron chi connectivity index (χ0n) is 27.7. The summed E-state index contributed by atoms with van der Waals surface area (Å²) in [7, 11) is -4.62. The van der Waals surface area contributed by atoms with E-state index in [9.17, 15) is 66.5 Å². The quantitative estimate of drug-likeness (QED) is 0.0765. The topological polar surface area (TPSA) is 38.7 Å². The molecule has 30 heteroatoms. The molecule has 0 aliphatic rings. The Balaban J connectivity index is 2.28. The van der Waals surface area contributed by atoms with Gasteiger partial charge in [0.15, 0.2) is 75.6 Å². The Hall–Kier alpha value is -6.10. The first-order valence-corrected chi connectivity index (χ1v) is 14.8. The van der Waals surface area contributed by atoms with E-state index < -0.39 is 192 Å². The van der Waals surface area contributed by atoms with Crippen LogP contribution in [0.3, 0.4) is 0 Å². The average Bonchev–Trinajstić information content (AvgIpc) is 3.19. The summed E-state index contributed by atoms with van der Waals surface area (Å²) in [5.41, 5.74) is -30.4. The Labute approximate surface area is 321 Å². The molecule has 0 amide bonds. The molecule has 5 aromatic rings. The molecule has 0 radical (unpaired) electrons. The van der Waals surface area contributed by atoms with Gasteiger partial charge in [-0.25, -0.2) is 79.0 Å². The molecule has 0 aliphatic carbocycles. The number of alkyl halides is 6. The highest BCUT2D eigenvalue weighted by atomic mass is 19.4. The van der Waals surface area contributed by atoms with Gasteiger partial charge in [-0.1, -0.05) is 0 Å². The van der Waals surface area contributed by atoms with Gasteiger partial charge in [-0.2, -0.15) is 35.1 Å². The van der Waals surface area contributed by atoms with E-state index in [0.717, 1.165) is 0 Å². The lowest BCUT2D eigenvalue weighted by molar-refractivity contribution is -0.162. The summed E-state index contributed by atoms with van der Waals surface area (Å²) in [6.45, 7) is 0. The standard InChI is InChI=1S/C32HBF26O3/c34-9-4(10(35)16(41)21(46)15(9)40)1-2(5-11(36)17(42)22(47)18(43)12(5)37)7(31(54,55)56)8(32(57,58)59)29(3(1)6-13(38)19(44)23(48)20(45)14(6)39)61-33(60)62-30-27(52)25(50)24(49)26(51)28(30)53/h60H. The zero-order chi connectivity index (χ0) is 47.3. The molecule has 0 aromatic heterocycles. The van der Waals surface area contributed by atoms with Crippen molar-refractivity contribution in [1.29, 1.82) is 0 Å². The molecule has 0 saturated carbocycles. The van der Waals surface area contributed by atoms with Crippen LogP contribution < -0.4 is 9.31 Å². The third-order valence-corrected chi connectivity index (χ3v) is 8.01. The smallest absolute Gasteiger partial charge is 0.500 e. The van der Waals surface area contributed by atoms with E-state index in [1.807, 2.05) is 0 Å². The van der Waals surface area contributed by atoms with Crippen molar-refractivity contribution in [1.82, 2.24) is 0 Å². The van der Waals surface area contributed by atoms with Crippen molar-refractivity contribution in [3.63, 3.8) is 0 Å². The van der Waals surface area contributed by atoms with Crippen LogP contribution >= 0.6 is 0 Å². The van der Waals surface area contributed by atoms with E-state index in [4.69, 9.17) is 0 Å². The summed E-state index contributed by atoms with van der Waals surface area (Å²) in [6, 6.07) is 0. The minimum absolute atomic E-state index is 2.95. The van der Waals surface area contributed by atoms with E-state index in [0.29, 0.717) is 0 Å². The predicted molar refractivity (Wildman–Crippen MR) is 148 cm³/mol. The molecule has 0 bridgehead atoms. The van der Waals surface area contributed by atoms with Crippen molar-refractivity contribution in [2.75, 3.05) is 0 Å². The molecule has 0 aliphatic heterocycles. The highest BCUT2D eigenvalue weighted by Crippen LogP contribution is 2.60. The van der Waals surface area contributed by atoms with E-state index in [1.165, 1.54) is 0 Å². The predicted octanol–water partition coefficient (Wildman–Crippen LogP) is 11.9. The summed E-state index contributed by atoms with van der Waals surface area (Å²) < 4.78 is 392. The number of halogens is 26. The summed E-state index contributed by atoms with van der Waals surface area (Å²) in [5.74, 6) is -77.4. The fourth-order valence-corrected chi connectivity index (χ4v) is 5.52. The Kier molecular flexibility index (Phi) is 11.9. The van der Waals surface area contributed by atoms with Gasteiger partial charge in [-0.15, -0.1) is 0 Å². The lowest BCUT2D eigenvalue weighted by Gasteiger charge is -2.30. The van der Waals surface area contributed by atoms with Gasteiger partial charge < -0.3 is 14.3 Å². The van der Waals surface area contributed by atoms with Gasteiger partial charge in [0.25, 0.3) is 0 Å². The van der Waals surface area contributed by atoms with Gasteiger partial charge in [0.1, 0.15) is 11.3 Å². The molecular weight excluding hydrogens is 937 g/mol. The molecule has 0 fully saturated rings. The molecular formula is C32HBF26O3. The third-order valence-electron chi connectivity index (χ3n) is 8.01. The van der Waals surface area contributed by atoms with Gasteiger partial charge >= 0.3 is 19.7 Å². The van der Waals surface area contributed by atoms with Crippen LogP contribution in [0.5, 0.6) is 11.5 Å². The van der Waals surface area contributed by atoms with Gasteiger partial charge in [0.05, 0.1) is 22.3 Å². The van der Waals surface area contributed by atoms with Crippen molar-refractivity contribution in [2.24, 2.45) is 0 Å². The van der Waals surface area contributed by atoms with E-state index in [-0.39, 0.29) is 0 Å². The SMILES string of the molecule is OB(Oc1c(F)c(F)c(F)c(F)c1F)Oc1c(-c2c(F)c(F)c(F)c(F)c2F)c(-c2c(F)c(F)c(F)c(F)c2F)c(-c2c(F)c(F)c(F)c(F)c2F)c(C(F)(F)F)c1C(F)(F)F. The lowest BCUT2D eigenvalue weighted by atomic mass is 9.79. The molecule has 0 spiro atoms. The van der Waals surface area contributed by atoms with E-state index in [2.05, 4.69) is 9.31 Å². The average molecular weight is 938 g/mol. The number of benzene rings is 5. The first-order valence-electron chi connectivity index (χ1n) is 14.8. The Morgan fingerprint density at radius 2 is 0.484 bits per heavy atom. The number of rotatable bonds is 7. The van der Waals surface area contributed by atoms with Crippen LogP contribution in [-0.2, 0) is 12.4 Å². The largest absolute Gasteiger partial charge is 0.785 e. The second-order valence-corrected chi connectivity index (χ2v) is 11.5. The molecule has 332 valence electrons. The van der Waals surface area contributed by atoms with Gasteiger partial charge in [0, 0.05) is 16.7 Å². The molecule has 0 heterocycles. The third kappa shape index (κ3) is 7.09. The van der Waals surface area contributed by atoms with Crippen LogP contribution in [0.15, 0.2) is 0 Å². The van der Waals surface area contributed by atoms with Crippen molar-refractivity contribution in [3.05, 3.63) is 127 Å². The summed E-state index contributed by atoms with van der Waals surface area (Å²) in [4.78, 5) is 0. The summed E-state index contributed by atoms with van der Waals surface area (Å²) >= 11 is 0. The Morgan fingerprint density at radius 1 is 0.258 bits per heavy atom. The Morgan fingerprint density at radius 3 is 0.774 bits per heavy atom. The Bertz CT molecular complexity index is 2630. The zero-order valence-corrected chi connectivity index (χ0v) is 27.7. The monoisotopic (exact) mass is 938 g/mol. The summed E-state index contributed by atoms with van der Waals surface area (Å²) in [6.07, 6.45) is -14.8. The maximum Gasteiger partial charge on any atom is 0.785 e. The molecule has 0 saturated heterocycles. The fraction of sp³-hybridized carbons (Fsp3) is 0.0625. The minimum atomic E-state index is -7.42. The first kappa shape index (κ1) is 47.0. The van der Waals surface area contributed by atoms with Gasteiger partial charge in [0.2, 0.25) is 46.5 Å². The van der Waals surface area contributed by atoms with E-state index >= 15 is 52.7 Å². The molecule has 62 heavy (non-hydrogen) atoms. The van der Waals surface area contributed by atoms with Crippen molar-refractivity contribution in [3.8, 4) is 44.9 Å². The number of hydrogen-bond acceptors (Lipinski definition) is 3. The van der Waals surface area contributed by atoms with Crippen molar-refractivity contribution in [2.45, 2.75) is 12.4 Å². The molecule has 3 nitrogen and oxygen atoms in total. The van der Waals surface area contributed by atoms with Crippen molar-refractivity contribution < 1.29 is 128 Å². The van der Waals surface area contributed by atoms with Gasteiger partial charge in [-0.05, 0) is 0 Å². The molecule has 5 aromatic carbocycles. The second kappa shape index (κ2) is 15.7. The second-order valence-electron chi connectivity index (χ2n) is 11.5. The first-order chi connectivity index (χ1) is 28.3. The number of hydrogen-bond donors (Lipinski definition) is 1. The molecule has 1 N–H and O–H groups in total. The van der Waals surface area contributed by atoms with Crippen LogP contribution in [0.1, 0.15) is 11.1 Å². The minimum Gasteiger partial charge on any atom is -0.500 e. The summed E-state index contributed by atoms with van der Waals surface area (Å²) in [5, 5.41) is 10.2. The normalized spacial score (nSPS) is 12.1.